The molecule has 0 saturated carbocycles. The van der Waals surface area contributed by atoms with Gasteiger partial charge in [-0.15, -0.1) is 0 Å². The van der Waals surface area contributed by atoms with Gasteiger partial charge in [0.2, 0.25) is 0 Å². The second kappa shape index (κ2) is 7.34. The molecule has 0 spiro atoms. The summed E-state index contributed by atoms with van der Waals surface area (Å²) in [6.45, 7) is 1.41. The smallest absolute Gasteiger partial charge is 0.330 e. The van der Waals surface area contributed by atoms with Gasteiger partial charge < -0.3 is 14.0 Å². The first kappa shape index (κ1) is 19.7. The maximum absolute atomic E-state index is 13.3. The molecule has 9 nitrogen and oxygen atoms in total. The Labute approximate surface area is 168 Å². The van der Waals surface area contributed by atoms with E-state index in [4.69, 9.17) is 9.47 Å². The van der Waals surface area contributed by atoms with Crippen LogP contribution in [0.5, 0.6) is 11.5 Å². The van der Waals surface area contributed by atoms with Crippen LogP contribution in [0.1, 0.15) is 30.9 Å². The highest BCUT2D eigenvalue weighted by molar-refractivity contribution is 7.89. The maximum atomic E-state index is 13.3. The predicted octanol–water partition coefficient (Wildman–Crippen LogP) is 0.771. The van der Waals surface area contributed by atoms with E-state index < -0.39 is 32.2 Å². The van der Waals surface area contributed by atoms with Gasteiger partial charge in [-0.25, -0.2) is 13.2 Å². The van der Waals surface area contributed by atoms with Gasteiger partial charge in [-0.05, 0) is 30.5 Å². The Kier molecular flexibility index (Phi) is 4.99. The van der Waals surface area contributed by atoms with Crippen molar-refractivity contribution in [3.63, 3.8) is 0 Å². The van der Waals surface area contributed by atoms with Gasteiger partial charge in [0.05, 0.1) is 19.3 Å². The van der Waals surface area contributed by atoms with Crippen LogP contribution in [-0.2, 0) is 24.1 Å². The first-order valence-corrected chi connectivity index (χ1v) is 10.9. The standard InChI is InChI=1S/C19H23N3O6S/c1-20-12-17(18(23)21(2)19(20)24)29(25,26)22-8-3-5-14(22)13-6-7-15-16(11-13)28-10-4-9-27-15/h6-7,11-12,14H,3-5,8-10H2,1-2H3/t14-/m1/s1. The highest BCUT2D eigenvalue weighted by Crippen LogP contribution is 2.39. The summed E-state index contributed by atoms with van der Waals surface area (Å²) >= 11 is 0. The minimum Gasteiger partial charge on any atom is -0.490 e. The zero-order chi connectivity index (χ0) is 20.8. The summed E-state index contributed by atoms with van der Waals surface area (Å²) in [6.07, 6.45) is 3.18. The SMILES string of the molecule is Cn1cc(S(=O)(=O)N2CCC[C@@H]2c2ccc3c(c2)OCCCO3)c(=O)n(C)c1=O. The zero-order valence-corrected chi connectivity index (χ0v) is 17.1. The van der Waals surface area contributed by atoms with E-state index in [1.807, 2.05) is 12.1 Å². The van der Waals surface area contributed by atoms with Crippen LogP contribution in [0.3, 0.4) is 0 Å². The molecule has 0 amide bonds. The van der Waals surface area contributed by atoms with Gasteiger partial charge in [0, 0.05) is 33.3 Å². The molecule has 0 aliphatic carbocycles. The van der Waals surface area contributed by atoms with Crippen LogP contribution in [0.4, 0.5) is 0 Å². The number of hydrogen-bond donors (Lipinski definition) is 0. The molecule has 4 rings (SSSR count). The van der Waals surface area contributed by atoms with E-state index in [1.54, 1.807) is 6.07 Å². The summed E-state index contributed by atoms with van der Waals surface area (Å²) in [5.41, 5.74) is -0.607. The van der Waals surface area contributed by atoms with Crippen LogP contribution in [0.25, 0.3) is 0 Å². The number of nitrogens with zero attached hydrogens (tertiary/aromatic N) is 3. The van der Waals surface area contributed by atoms with Crippen molar-refractivity contribution in [2.45, 2.75) is 30.2 Å². The molecule has 10 heteroatoms. The monoisotopic (exact) mass is 421 g/mol. The predicted molar refractivity (Wildman–Crippen MR) is 105 cm³/mol. The molecule has 29 heavy (non-hydrogen) atoms. The van der Waals surface area contributed by atoms with Crippen molar-refractivity contribution in [2.75, 3.05) is 19.8 Å². The Morgan fingerprint density at radius 3 is 2.52 bits per heavy atom. The normalized spacial score (nSPS) is 19.9. The first-order chi connectivity index (χ1) is 13.8. The van der Waals surface area contributed by atoms with Gasteiger partial charge in [-0.1, -0.05) is 6.07 Å². The van der Waals surface area contributed by atoms with Crippen molar-refractivity contribution in [3.05, 3.63) is 50.8 Å². The molecule has 1 atom stereocenters. The average molecular weight is 421 g/mol. The van der Waals surface area contributed by atoms with Crippen molar-refractivity contribution in [1.82, 2.24) is 13.4 Å². The van der Waals surface area contributed by atoms with Crippen molar-refractivity contribution in [1.29, 1.82) is 0 Å². The summed E-state index contributed by atoms with van der Waals surface area (Å²) in [5.74, 6) is 1.24. The highest BCUT2D eigenvalue weighted by Gasteiger charge is 2.38. The fourth-order valence-corrected chi connectivity index (χ4v) is 5.66. The summed E-state index contributed by atoms with van der Waals surface area (Å²) in [5, 5.41) is 0. The number of hydrogen-bond acceptors (Lipinski definition) is 6. The quantitative estimate of drug-likeness (QED) is 0.726. The fraction of sp³-hybridized carbons (Fsp3) is 0.474. The molecule has 1 aromatic carbocycles. The number of benzene rings is 1. The number of aromatic nitrogens is 2. The summed E-state index contributed by atoms with van der Waals surface area (Å²) in [4.78, 5) is 24.1. The van der Waals surface area contributed by atoms with Crippen LogP contribution in [0.2, 0.25) is 0 Å². The zero-order valence-electron chi connectivity index (χ0n) is 16.3. The Bertz CT molecular complexity index is 1170. The van der Waals surface area contributed by atoms with E-state index in [0.29, 0.717) is 44.1 Å². The second-order valence-electron chi connectivity index (χ2n) is 7.28. The lowest BCUT2D eigenvalue weighted by molar-refractivity contribution is 0.296. The van der Waals surface area contributed by atoms with E-state index in [2.05, 4.69) is 0 Å². The number of sulfonamides is 1. The summed E-state index contributed by atoms with van der Waals surface area (Å²) < 4.78 is 41.3. The van der Waals surface area contributed by atoms with E-state index >= 15 is 0 Å². The van der Waals surface area contributed by atoms with Gasteiger partial charge >= 0.3 is 5.69 Å². The third-order valence-corrected chi connectivity index (χ3v) is 7.25. The lowest BCUT2D eigenvalue weighted by atomic mass is 10.0. The van der Waals surface area contributed by atoms with E-state index in [1.165, 1.54) is 18.4 Å². The first-order valence-electron chi connectivity index (χ1n) is 9.49. The van der Waals surface area contributed by atoms with Gasteiger partial charge in [0.1, 0.15) is 0 Å². The minimum atomic E-state index is -4.09. The van der Waals surface area contributed by atoms with Crippen molar-refractivity contribution in [2.24, 2.45) is 14.1 Å². The van der Waals surface area contributed by atoms with E-state index in [0.717, 1.165) is 27.3 Å². The lowest BCUT2D eigenvalue weighted by Crippen LogP contribution is -2.42. The summed E-state index contributed by atoms with van der Waals surface area (Å²) in [7, 11) is -1.39. The summed E-state index contributed by atoms with van der Waals surface area (Å²) in [6, 6.07) is 5.03. The molecule has 0 N–H and O–H groups in total. The molecule has 0 radical (unpaired) electrons. The third kappa shape index (κ3) is 3.36. The van der Waals surface area contributed by atoms with Gasteiger partial charge in [-0.3, -0.25) is 9.36 Å². The van der Waals surface area contributed by atoms with Crippen LogP contribution in [-0.4, -0.2) is 41.6 Å². The second-order valence-corrected chi connectivity index (χ2v) is 9.14. The van der Waals surface area contributed by atoms with Gasteiger partial charge in [-0.2, -0.15) is 4.31 Å². The van der Waals surface area contributed by atoms with Crippen LogP contribution in [0, 0.1) is 0 Å². The number of rotatable bonds is 3. The molecule has 0 unspecified atom stereocenters. The molecule has 2 aromatic rings. The Hall–Kier alpha value is -2.59. The van der Waals surface area contributed by atoms with Crippen molar-refractivity contribution < 1.29 is 17.9 Å². The van der Waals surface area contributed by atoms with Gasteiger partial charge in [0.15, 0.2) is 16.4 Å². The lowest BCUT2D eigenvalue weighted by Gasteiger charge is -2.25. The van der Waals surface area contributed by atoms with Crippen LogP contribution >= 0.6 is 0 Å². The third-order valence-electron chi connectivity index (χ3n) is 5.36. The molecule has 1 fully saturated rings. The molecule has 1 aromatic heterocycles. The number of aryl methyl sites for hydroxylation is 1. The minimum absolute atomic E-state index is 0.299. The van der Waals surface area contributed by atoms with E-state index in [9.17, 15) is 18.0 Å². The van der Waals surface area contributed by atoms with Crippen molar-refractivity contribution >= 4 is 10.0 Å². The fourth-order valence-electron chi connectivity index (χ4n) is 3.83. The largest absolute Gasteiger partial charge is 0.490 e. The van der Waals surface area contributed by atoms with Gasteiger partial charge in [0.25, 0.3) is 15.6 Å². The molecule has 0 bridgehead atoms. The average Bonchev–Trinajstić information content (AvgIpc) is 3.09. The highest BCUT2D eigenvalue weighted by atomic mass is 32.2. The topological polar surface area (TPSA) is 99.8 Å². The van der Waals surface area contributed by atoms with Crippen LogP contribution in [0.15, 0.2) is 38.9 Å². The maximum Gasteiger partial charge on any atom is 0.330 e. The number of ether oxygens (including phenoxy) is 2. The Morgan fingerprint density at radius 2 is 1.76 bits per heavy atom. The molecule has 1 saturated heterocycles. The molecule has 2 aliphatic heterocycles. The molecule has 2 aliphatic rings. The van der Waals surface area contributed by atoms with Crippen molar-refractivity contribution in [3.8, 4) is 11.5 Å². The van der Waals surface area contributed by atoms with E-state index in [-0.39, 0.29) is 0 Å². The number of fused-ring (bicyclic) bond motifs is 1. The molecular formula is C19H23N3O6S. The molecular weight excluding hydrogens is 398 g/mol. The van der Waals surface area contributed by atoms with Crippen LogP contribution < -0.4 is 20.7 Å². The Balaban J connectivity index is 1.75. The Morgan fingerprint density at radius 1 is 1.03 bits per heavy atom. The molecule has 156 valence electrons. The molecule has 3 heterocycles.